The monoisotopic (exact) mass is 231 g/mol. The number of carboxylic acids is 1. The SMILES string of the molecule is Cn1cc(Cc2cccc(O)c2)cc1C(=O)O. The van der Waals surface area contributed by atoms with E-state index in [1.54, 1.807) is 42.1 Å². The Morgan fingerprint density at radius 2 is 2.06 bits per heavy atom. The second-order valence-electron chi connectivity index (χ2n) is 4.00. The van der Waals surface area contributed by atoms with Crippen LogP contribution in [0.15, 0.2) is 36.5 Å². The summed E-state index contributed by atoms with van der Waals surface area (Å²) >= 11 is 0. The predicted molar refractivity (Wildman–Crippen MR) is 63.3 cm³/mol. The average molecular weight is 231 g/mol. The zero-order chi connectivity index (χ0) is 12.4. The summed E-state index contributed by atoms with van der Waals surface area (Å²) in [4.78, 5) is 10.9. The number of aromatic carboxylic acids is 1. The van der Waals surface area contributed by atoms with Crippen molar-refractivity contribution in [3.63, 3.8) is 0 Å². The van der Waals surface area contributed by atoms with Gasteiger partial charge in [0.25, 0.3) is 0 Å². The summed E-state index contributed by atoms with van der Waals surface area (Å²) in [5.74, 6) is -0.716. The Balaban J connectivity index is 2.25. The lowest BCUT2D eigenvalue weighted by molar-refractivity contribution is 0.0686. The number of rotatable bonds is 3. The molecule has 0 radical (unpaired) electrons. The van der Waals surface area contributed by atoms with Crippen LogP contribution < -0.4 is 0 Å². The van der Waals surface area contributed by atoms with Gasteiger partial charge >= 0.3 is 5.97 Å². The summed E-state index contributed by atoms with van der Waals surface area (Å²) in [6, 6.07) is 8.59. The van der Waals surface area contributed by atoms with E-state index in [0.717, 1.165) is 11.1 Å². The van der Waals surface area contributed by atoms with Crippen molar-refractivity contribution in [2.24, 2.45) is 7.05 Å². The number of benzene rings is 1. The molecule has 0 saturated carbocycles. The number of aryl methyl sites for hydroxylation is 1. The van der Waals surface area contributed by atoms with Crippen LogP contribution in [0.2, 0.25) is 0 Å². The van der Waals surface area contributed by atoms with Crippen LogP contribution in [0.5, 0.6) is 5.75 Å². The molecule has 0 fully saturated rings. The van der Waals surface area contributed by atoms with E-state index in [1.165, 1.54) is 0 Å². The van der Waals surface area contributed by atoms with Gasteiger partial charge in [-0.15, -0.1) is 0 Å². The molecule has 4 nitrogen and oxygen atoms in total. The van der Waals surface area contributed by atoms with Gasteiger partial charge in [-0.1, -0.05) is 12.1 Å². The third-order valence-corrected chi connectivity index (χ3v) is 2.60. The topological polar surface area (TPSA) is 62.5 Å². The van der Waals surface area contributed by atoms with Crippen molar-refractivity contribution in [2.45, 2.75) is 6.42 Å². The molecular weight excluding hydrogens is 218 g/mol. The molecule has 0 atom stereocenters. The second-order valence-corrected chi connectivity index (χ2v) is 4.00. The Kier molecular flexibility index (Phi) is 2.87. The average Bonchev–Trinajstić information content (AvgIpc) is 2.59. The van der Waals surface area contributed by atoms with Crippen LogP contribution in [-0.4, -0.2) is 20.7 Å². The van der Waals surface area contributed by atoms with Gasteiger partial charge in [0.1, 0.15) is 11.4 Å². The van der Waals surface area contributed by atoms with Crippen LogP contribution in [0.4, 0.5) is 0 Å². The Morgan fingerprint density at radius 3 is 2.65 bits per heavy atom. The number of aromatic nitrogens is 1. The lowest BCUT2D eigenvalue weighted by atomic mass is 10.1. The minimum Gasteiger partial charge on any atom is -0.508 e. The Hall–Kier alpha value is -2.23. The molecule has 0 aliphatic rings. The van der Waals surface area contributed by atoms with Crippen molar-refractivity contribution in [1.82, 2.24) is 4.57 Å². The number of phenols is 1. The number of phenolic OH excluding ortho intramolecular Hbond substituents is 1. The van der Waals surface area contributed by atoms with E-state index in [4.69, 9.17) is 5.11 Å². The molecule has 0 aliphatic carbocycles. The molecular formula is C13H13NO3. The largest absolute Gasteiger partial charge is 0.508 e. The van der Waals surface area contributed by atoms with Crippen LogP contribution in [-0.2, 0) is 13.5 Å². The van der Waals surface area contributed by atoms with Gasteiger partial charge in [0.15, 0.2) is 0 Å². The highest BCUT2D eigenvalue weighted by atomic mass is 16.4. The smallest absolute Gasteiger partial charge is 0.352 e. The second kappa shape index (κ2) is 4.33. The lowest BCUT2D eigenvalue weighted by Crippen LogP contribution is -2.02. The van der Waals surface area contributed by atoms with Gasteiger partial charge < -0.3 is 14.8 Å². The number of nitrogens with zero attached hydrogens (tertiary/aromatic N) is 1. The maximum Gasteiger partial charge on any atom is 0.352 e. The van der Waals surface area contributed by atoms with Gasteiger partial charge in [0.2, 0.25) is 0 Å². The van der Waals surface area contributed by atoms with Crippen LogP contribution in [0.3, 0.4) is 0 Å². The molecule has 0 amide bonds. The Bertz CT molecular complexity index is 558. The first kappa shape index (κ1) is 11.3. The van der Waals surface area contributed by atoms with E-state index < -0.39 is 5.97 Å². The van der Waals surface area contributed by atoms with Crippen LogP contribution in [0, 0.1) is 0 Å². The molecule has 0 unspecified atom stereocenters. The van der Waals surface area contributed by atoms with Gasteiger partial charge in [-0.3, -0.25) is 0 Å². The molecule has 4 heteroatoms. The first-order valence-electron chi connectivity index (χ1n) is 5.22. The molecule has 2 N–H and O–H groups in total. The number of carbonyl (C=O) groups is 1. The van der Waals surface area contributed by atoms with E-state index in [-0.39, 0.29) is 11.4 Å². The summed E-state index contributed by atoms with van der Waals surface area (Å²) in [6.07, 6.45) is 2.39. The molecule has 0 bridgehead atoms. The molecule has 1 aromatic heterocycles. The summed E-state index contributed by atoms with van der Waals surface area (Å²) < 4.78 is 1.58. The zero-order valence-electron chi connectivity index (χ0n) is 9.42. The van der Waals surface area contributed by atoms with E-state index in [0.29, 0.717) is 6.42 Å². The van der Waals surface area contributed by atoms with Gasteiger partial charge in [-0.2, -0.15) is 0 Å². The number of hydrogen-bond donors (Lipinski definition) is 2. The van der Waals surface area contributed by atoms with Gasteiger partial charge in [-0.25, -0.2) is 4.79 Å². The molecule has 0 spiro atoms. The predicted octanol–water partition coefficient (Wildman–Crippen LogP) is 2.02. The molecule has 2 aromatic rings. The highest BCUT2D eigenvalue weighted by Crippen LogP contribution is 2.16. The minimum absolute atomic E-state index is 0.219. The highest BCUT2D eigenvalue weighted by molar-refractivity contribution is 5.86. The van der Waals surface area contributed by atoms with Crippen molar-refractivity contribution < 1.29 is 15.0 Å². The normalized spacial score (nSPS) is 10.4. The maximum atomic E-state index is 10.9. The van der Waals surface area contributed by atoms with Crippen LogP contribution in [0.25, 0.3) is 0 Å². The fourth-order valence-electron chi connectivity index (χ4n) is 1.84. The first-order chi connectivity index (χ1) is 8.06. The summed E-state index contributed by atoms with van der Waals surface area (Å²) in [7, 11) is 1.70. The van der Waals surface area contributed by atoms with E-state index in [1.807, 2.05) is 6.07 Å². The van der Waals surface area contributed by atoms with E-state index >= 15 is 0 Å². The fourth-order valence-corrected chi connectivity index (χ4v) is 1.84. The van der Waals surface area contributed by atoms with E-state index in [2.05, 4.69) is 0 Å². The minimum atomic E-state index is -0.936. The molecule has 0 saturated heterocycles. The van der Waals surface area contributed by atoms with Gasteiger partial charge in [-0.05, 0) is 35.7 Å². The first-order valence-corrected chi connectivity index (χ1v) is 5.22. The zero-order valence-corrected chi connectivity index (χ0v) is 9.42. The molecule has 17 heavy (non-hydrogen) atoms. The van der Waals surface area contributed by atoms with Gasteiger partial charge in [0.05, 0.1) is 0 Å². The van der Waals surface area contributed by atoms with E-state index in [9.17, 15) is 9.90 Å². The van der Waals surface area contributed by atoms with Crippen molar-refractivity contribution >= 4 is 5.97 Å². The van der Waals surface area contributed by atoms with Crippen LogP contribution >= 0.6 is 0 Å². The van der Waals surface area contributed by atoms with Crippen molar-refractivity contribution in [2.75, 3.05) is 0 Å². The molecule has 1 heterocycles. The summed E-state index contributed by atoms with van der Waals surface area (Å²) in [5.41, 5.74) is 2.13. The number of aromatic hydroxyl groups is 1. The van der Waals surface area contributed by atoms with Crippen molar-refractivity contribution in [3.05, 3.63) is 53.3 Å². The Morgan fingerprint density at radius 1 is 1.29 bits per heavy atom. The quantitative estimate of drug-likeness (QED) is 0.849. The van der Waals surface area contributed by atoms with Crippen molar-refractivity contribution in [3.8, 4) is 5.75 Å². The van der Waals surface area contributed by atoms with Crippen molar-refractivity contribution in [1.29, 1.82) is 0 Å². The summed E-state index contributed by atoms with van der Waals surface area (Å²) in [6.45, 7) is 0. The molecule has 88 valence electrons. The fraction of sp³-hybridized carbons (Fsp3) is 0.154. The molecule has 0 aliphatic heterocycles. The summed E-state index contributed by atoms with van der Waals surface area (Å²) in [5, 5.41) is 18.3. The highest BCUT2D eigenvalue weighted by Gasteiger charge is 2.10. The number of hydrogen-bond acceptors (Lipinski definition) is 2. The molecule has 1 aromatic carbocycles. The maximum absolute atomic E-state index is 10.9. The van der Waals surface area contributed by atoms with Crippen LogP contribution in [0.1, 0.15) is 21.6 Å². The third-order valence-electron chi connectivity index (χ3n) is 2.60. The number of carboxylic acid groups (broad SMARTS) is 1. The lowest BCUT2D eigenvalue weighted by Gasteiger charge is -1.99. The molecule has 2 rings (SSSR count). The Labute approximate surface area is 98.8 Å². The van der Waals surface area contributed by atoms with Gasteiger partial charge in [0, 0.05) is 13.2 Å². The third kappa shape index (κ3) is 2.47. The standard InChI is InChI=1S/C13H13NO3/c1-14-8-10(7-12(14)13(16)17)5-9-3-2-4-11(15)6-9/h2-4,6-8,15H,5H2,1H3,(H,16,17).